The number of aromatic nitrogens is 4. The van der Waals surface area contributed by atoms with E-state index in [-0.39, 0.29) is 0 Å². The first-order valence-corrected chi connectivity index (χ1v) is 19.0. The molecule has 0 aliphatic carbocycles. The summed E-state index contributed by atoms with van der Waals surface area (Å²) < 4.78 is 11.6. The van der Waals surface area contributed by atoms with Crippen LogP contribution in [-0.2, 0) is 0 Å². The summed E-state index contributed by atoms with van der Waals surface area (Å²) in [4.78, 5) is 10.1. The molecule has 0 radical (unpaired) electrons. The van der Waals surface area contributed by atoms with Crippen LogP contribution < -0.4 is 0 Å². The number of hydrogen-bond donors (Lipinski definition) is 0. The summed E-state index contributed by atoms with van der Waals surface area (Å²) in [6.45, 7) is 0. The standard InChI is InChI=1S/C51H29N5O/c52-30-33-29-32(51-53-39-23-11-7-19-35(39)47(54-51)31-15-3-1-4-16-31)27-28-40(33)56-42-25-13-9-21-37(42)45-49(56)44-36-20-8-12-24-41(36)55(34-17-5-2-6-18-34)48(44)46-38-22-10-14-26-43(38)57-50(45)46/h1-29H. The average molecular weight is 728 g/mol. The number of hydrogen-bond acceptors (Lipinski definition) is 4. The van der Waals surface area contributed by atoms with Gasteiger partial charge < -0.3 is 13.6 Å². The zero-order valence-corrected chi connectivity index (χ0v) is 30.4. The van der Waals surface area contributed by atoms with Gasteiger partial charge in [0, 0.05) is 43.7 Å². The quantitative estimate of drug-likeness (QED) is 0.181. The first-order chi connectivity index (χ1) is 28.3. The first-order valence-electron chi connectivity index (χ1n) is 19.0. The van der Waals surface area contributed by atoms with E-state index in [9.17, 15) is 5.26 Å². The van der Waals surface area contributed by atoms with E-state index in [1.54, 1.807) is 0 Å². The van der Waals surface area contributed by atoms with Crippen molar-refractivity contribution in [2.75, 3.05) is 0 Å². The summed E-state index contributed by atoms with van der Waals surface area (Å²) in [6.07, 6.45) is 0. The molecule has 0 amide bonds. The Kier molecular flexibility index (Phi) is 6.60. The lowest BCUT2D eigenvalue weighted by Gasteiger charge is -2.14. The highest BCUT2D eigenvalue weighted by Crippen LogP contribution is 2.49. The van der Waals surface area contributed by atoms with Crippen LogP contribution in [0.1, 0.15) is 5.56 Å². The Balaban J connectivity index is 1.22. The second kappa shape index (κ2) is 12.0. The van der Waals surface area contributed by atoms with E-state index >= 15 is 0 Å². The predicted octanol–water partition coefficient (Wildman–Crippen LogP) is 12.9. The summed E-state index contributed by atoms with van der Waals surface area (Å²) in [5.74, 6) is 0.565. The fraction of sp³-hybridized carbons (Fsp3) is 0. The highest BCUT2D eigenvalue weighted by Gasteiger charge is 2.28. The number of benzene rings is 8. The van der Waals surface area contributed by atoms with Crippen molar-refractivity contribution < 1.29 is 4.42 Å². The summed E-state index contributed by atoms with van der Waals surface area (Å²) in [5.41, 5.74) is 11.6. The molecule has 0 N–H and O–H groups in total. The molecule has 0 saturated carbocycles. The Morgan fingerprint density at radius 1 is 0.491 bits per heavy atom. The molecule has 0 fully saturated rings. The van der Waals surface area contributed by atoms with Crippen molar-refractivity contribution in [3.05, 3.63) is 181 Å². The smallest absolute Gasteiger partial charge is 0.160 e. The van der Waals surface area contributed by atoms with Gasteiger partial charge in [-0.3, -0.25) is 0 Å². The van der Waals surface area contributed by atoms with Gasteiger partial charge in [-0.1, -0.05) is 121 Å². The van der Waals surface area contributed by atoms with Gasteiger partial charge in [0.25, 0.3) is 0 Å². The van der Waals surface area contributed by atoms with Gasteiger partial charge in [-0.05, 0) is 54.6 Å². The van der Waals surface area contributed by atoms with Crippen LogP contribution in [0.5, 0.6) is 0 Å². The normalized spacial score (nSPS) is 11.8. The average Bonchev–Trinajstić information content (AvgIpc) is 3.94. The lowest BCUT2D eigenvalue weighted by Crippen LogP contribution is -2.00. The van der Waals surface area contributed by atoms with E-state index < -0.39 is 0 Å². The minimum absolute atomic E-state index is 0.512. The van der Waals surface area contributed by atoms with Crippen LogP contribution >= 0.6 is 0 Å². The molecule has 0 aliphatic rings. The zero-order chi connectivity index (χ0) is 37.6. The highest BCUT2D eigenvalue weighted by atomic mass is 16.3. The fourth-order valence-corrected chi connectivity index (χ4v) is 8.96. The van der Waals surface area contributed by atoms with Crippen molar-refractivity contribution in [1.82, 2.24) is 19.1 Å². The number of furan rings is 1. The number of nitriles is 1. The van der Waals surface area contributed by atoms with Crippen LogP contribution in [0.25, 0.3) is 110 Å². The second-order valence-corrected chi connectivity index (χ2v) is 14.4. The SMILES string of the molecule is N#Cc1cc(-c2nc(-c3ccccc3)c3ccccc3n2)ccc1-n1c2ccccc2c2c3oc4ccccc4c3c3c(c4ccccc4n3-c3ccccc3)c21. The largest absolute Gasteiger partial charge is 0.455 e. The topological polar surface area (TPSA) is 72.6 Å². The number of fused-ring (bicyclic) bond motifs is 13. The second-order valence-electron chi connectivity index (χ2n) is 14.4. The fourth-order valence-electron chi connectivity index (χ4n) is 8.96. The molecule has 12 rings (SSSR count). The molecule has 4 aromatic heterocycles. The molecular weight excluding hydrogens is 699 g/mol. The Labute approximate surface area is 325 Å². The van der Waals surface area contributed by atoms with E-state index in [2.05, 4.69) is 124 Å². The van der Waals surface area contributed by atoms with Crippen molar-refractivity contribution in [3.63, 3.8) is 0 Å². The van der Waals surface area contributed by atoms with Crippen LogP contribution in [0.2, 0.25) is 0 Å². The van der Waals surface area contributed by atoms with Gasteiger partial charge in [-0.2, -0.15) is 5.26 Å². The van der Waals surface area contributed by atoms with E-state index in [1.807, 2.05) is 66.7 Å². The maximum absolute atomic E-state index is 11.0. The van der Waals surface area contributed by atoms with Crippen LogP contribution in [-0.4, -0.2) is 19.1 Å². The van der Waals surface area contributed by atoms with Gasteiger partial charge in [-0.15, -0.1) is 0 Å². The van der Waals surface area contributed by atoms with Gasteiger partial charge in [0.05, 0.1) is 55.3 Å². The maximum Gasteiger partial charge on any atom is 0.160 e. The summed E-state index contributed by atoms with van der Waals surface area (Å²) in [7, 11) is 0. The van der Waals surface area contributed by atoms with E-state index in [0.29, 0.717) is 11.4 Å². The molecule has 0 bridgehead atoms. The first kappa shape index (κ1) is 31.4. The number of rotatable bonds is 4. The van der Waals surface area contributed by atoms with Gasteiger partial charge in [0.15, 0.2) is 5.82 Å². The van der Waals surface area contributed by atoms with Gasteiger partial charge >= 0.3 is 0 Å². The predicted molar refractivity (Wildman–Crippen MR) is 231 cm³/mol. The molecule has 57 heavy (non-hydrogen) atoms. The molecule has 0 aliphatic heterocycles. The van der Waals surface area contributed by atoms with E-state index in [1.165, 1.54) is 0 Å². The van der Waals surface area contributed by atoms with Crippen molar-refractivity contribution in [2.45, 2.75) is 0 Å². The Hall–Kier alpha value is -8.01. The summed E-state index contributed by atoms with van der Waals surface area (Å²) in [5, 5.41) is 18.4. The summed E-state index contributed by atoms with van der Waals surface area (Å²) >= 11 is 0. The Morgan fingerprint density at radius 2 is 1.09 bits per heavy atom. The van der Waals surface area contributed by atoms with Crippen molar-refractivity contribution in [1.29, 1.82) is 5.26 Å². The third-order valence-corrected chi connectivity index (χ3v) is 11.3. The molecule has 0 saturated heterocycles. The molecule has 0 unspecified atom stereocenters. The minimum Gasteiger partial charge on any atom is -0.455 e. The molecule has 8 aromatic carbocycles. The molecule has 264 valence electrons. The molecule has 0 atom stereocenters. The highest BCUT2D eigenvalue weighted by molar-refractivity contribution is 6.39. The minimum atomic E-state index is 0.512. The molecule has 6 nitrogen and oxygen atoms in total. The Morgan fingerprint density at radius 3 is 1.86 bits per heavy atom. The molecule has 12 aromatic rings. The zero-order valence-electron chi connectivity index (χ0n) is 30.4. The molecule has 0 spiro atoms. The third kappa shape index (κ3) is 4.45. The number of para-hydroxylation sites is 5. The maximum atomic E-state index is 11.0. The lowest BCUT2D eigenvalue weighted by atomic mass is 10.0. The van der Waals surface area contributed by atoms with Gasteiger partial charge in [0.1, 0.15) is 17.2 Å². The summed E-state index contributed by atoms with van der Waals surface area (Å²) in [6, 6.07) is 62.8. The number of nitrogens with zero attached hydrogens (tertiary/aromatic N) is 5. The molecule has 4 heterocycles. The Bertz CT molecular complexity index is 3640. The van der Waals surface area contributed by atoms with Crippen molar-refractivity contribution in [2.24, 2.45) is 0 Å². The van der Waals surface area contributed by atoms with Crippen molar-refractivity contribution >= 4 is 76.5 Å². The lowest BCUT2D eigenvalue weighted by molar-refractivity contribution is 0.673. The van der Waals surface area contributed by atoms with Crippen LogP contribution in [0.4, 0.5) is 0 Å². The van der Waals surface area contributed by atoms with Crippen molar-refractivity contribution in [3.8, 4) is 40.1 Å². The van der Waals surface area contributed by atoms with Gasteiger partial charge in [-0.25, -0.2) is 9.97 Å². The molecule has 6 heteroatoms. The van der Waals surface area contributed by atoms with E-state index in [4.69, 9.17) is 14.4 Å². The third-order valence-electron chi connectivity index (χ3n) is 11.3. The van der Waals surface area contributed by atoms with E-state index in [0.717, 1.165) is 105 Å². The monoisotopic (exact) mass is 727 g/mol. The molecular formula is C51H29N5O. The van der Waals surface area contributed by atoms with Gasteiger partial charge in [0.2, 0.25) is 0 Å². The van der Waals surface area contributed by atoms with Crippen LogP contribution in [0, 0.1) is 11.3 Å². The van der Waals surface area contributed by atoms with Crippen LogP contribution in [0.15, 0.2) is 180 Å². The van der Waals surface area contributed by atoms with Crippen LogP contribution in [0.3, 0.4) is 0 Å².